The maximum absolute atomic E-state index is 13.1. The van der Waals surface area contributed by atoms with Gasteiger partial charge in [-0.3, -0.25) is 4.79 Å². The Balaban J connectivity index is 1.34. The number of fused-ring (bicyclic) bond motifs is 1. The van der Waals surface area contributed by atoms with Crippen molar-refractivity contribution in [1.82, 2.24) is 19.7 Å². The van der Waals surface area contributed by atoms with Crippen LogP contribution < -0.4 is 5.32 Å². The Kier molecular flexibility index (Phi) is 5.18. The van der Waals surface area contributed by atoms with E-state index >= 15 is 0 Å². The molecule has 3 aromatic heterocycles. The maximum Gasteiger partial charge on any atom is 0.276 e. The summed E-state index contributed by atoms with van der Waals surface area (Å²) in [5, 5.41) is 7.07. The Morgan fingerprint density at radius 2 is 1.86 bits per heavy atom. The van der Waals surface area contributed by atoms with Gasteiger partial charge in [0.25, 0.3) is 5.91 Å². The zero-order valence-corrected chi connectivity index (χ0v) is 20.1. The van der Waals surface area contributed by atoms with Crippen molar-refractivity contribution in [2.24, 2.45) is 0 Å². The molecule has 0 bridgehead atoms. The third-order valence-electron chi connectivity index (χ3n) is 6.06. The molecule has 1 N–H and O–H groups in total. The smallest absolute Gasteiger partial charge is 0.276 e. The average Bonchev–Trinajstić information content (AvgIpc) is 3.48. The van der Waals surface area contributed by atoms with Crippen molar-refractivity contribution in [3.63, 3.8) is 0 Å². The van der Waals surface area contributed by atoms with Crippen LogP contribution in [-0.4, -0.2) is 39.3 Å². The molecule has 180 valence electrons. The maximum atomic E-state index is 13.1. The molecule has 5 aromatic rings. The molecule has 0 spiro atoms. The van der Waals surface area contributed by atoms with Gasteiger partial charge in [0.15, 0.2) is 33.3 Å². The van der Waals surface area contributed by atoms with Crippen LogP contribution in [0, 0.1) is 6.92 Å². The molecule has 1 aliphatic rings. The summed E-state index contributed by atoms with van der Waals surface area (Å²) in [4.78, 5) is 22.1. The predicted molar refractivity (Wildman–Crippen MR) is 134 cm³/mol. The van der Waals surface area contributed by atoms with Gasteiger partial charge in [0.1, 0.15) is 5.52 Å². The topological polar surface area (TPSA) is 120 Å². The largest absolute Gasteiger partial charge is 0.443 e. The monoisotopic (exact) mass is 499 g/mol. The van der Waals surface area contributed by atoms with Crippen LogP contribution in [0.3, 0.4) is 0 Å². The number of oxazole rings is 1. The molecule has 0 unspecified atom stereocenters. The van der Waals surface area contributed by atoms with E-state index in [0.717, 1.165) is 16.8 Å². The lowest BCUT2D eigenvalue weighted by Gasteiger charge is -2.07. The van der Waals surface area contributed by atoms with Gasteiger partial charge in [0.05, 0.1) is 15.8 Å². The highest BCUT2D eigenvalue weighted by molar-refractivity contribution is 7.92. The van der Waals surface area contributed by atoms with Crippen LogP contribution in [0.2, 0.25) is 0 Å². The lowest BCUT2D eigenvalue weighted by Crippen LogP contribution is -2.14. The number of rotatable bonds is 6. The lowest BCUT2D eigenvalue weighted by molar-refractivity contribution is 0.102. The zero-order chi connectivity index (χ0) is 24.9. The minimum absolute atomic E-state index is 0.181. The first kappa shape index (κ1) is 22.2. The number of nitrogens with one attached hydrogen (secondary N) is 1. The third-order valence-corrected chi connectivity index (χ3v) is 8.34. The van der Waals surface area contributed by atoms with Crippen molar-refractivity contribution in [2.75, 3.05) is 5.32 Å². The minimum Gasteiger partial charge on any atom is -0.443 e. The lowest BCUT2D eigenvalue weighted by atomic mass is 10.1. The second kappa shape index (κ2) is 8.42. The highest BCUT2D eigenvalue weighted by Gasteiger charge is 2.36. The second-order valence-electron chi connectivity index (χ2n) is 8.72. The van der Waals surface area contributed by atoms with Gasteiger partial charge in [-0.15, -0.1) is 0 Å². The minimum atomic E-state index is -3.29. The highest BCUT2D eigenvalue weighted by atomic mass is 32.2. The molecule has 1 fully saturated rings. The van der Waals surface area contributed by atoms with E-state index < -0.39 is 15.7 Å². The molecule has 36 heavy (non-hydrogen) atoms. The highest BCUT2D eigenvalue weighted by Crippen LogP contribution is 2.34. The molecule has 9 nitrogen and oxygen atoms in total. The van der Waals surface area contributed by atoms with Gasteiger partial charge in [-0.05, 0) is 74.4 Å². The fourth-order valence-electron chi connectivity index (χ4n) is 4.03. The molecule has 0 radical (unpaired) electrons. The molecule has 10 heteroatoms. The number of carbonyl (C=O) groups excluding carboxylic acids is 1. The number of hydrogen-bond donors (Lipinski definition) is 1. The number of nitrogens with zero attached hydrogens (tertiary/aromatic N) is 4. The zero-order valence-electron chi connectivity index (χ0n) is 19.2. The first-order valence-corrected chi connectivity index (χ1v) is 13.0. The first-order valence-electron chi connectivity index (χ1n) is 11.4. The van der Waals surface area contributed by atoms with E-state index in [1.54, 1.807) is 22.9 Å². The number of amides is 1. The summed E-state index contributed by atoms with van der Waals surface area (Å²) in [7, 11) is -3.29. The number of anilines is 1. The molecule has 3 heterocycles. The van der Waals surface area contributed by atoms with E-state index in [-0.39, 0.29) is 15.8 Å². The van der Waals surface area contributed by atoms with Crippen molar-refractivity contribution in [1.29, 1.82) is 0 Å². The van der Waals surface area contributed by atoms with E-state index in [1.807, 2.05) is 43.3 Å². The standard InChI is InChI=1S/C26H21N5O4S/c1-16-3-2-4-25(28-16)31-23(17-5-12-21-24(13-17)35-15-27-21)14-22(30-31)26(32)29-18-6-8-19(9-7-18)36(33,34)20-10-11-20/h2-9,12-15,20H,10-11H2,1H3,(H,29,32). The Hall–Kier alpha value is -4.31. The molecule has 0 saturated heterocycles. The van der Waals surface area contributed by atoms with Gasteiger partial charge in [-0.2, -0.15) is 5.10 Å². The number of aromatic nitrogens is 4. The Morgan fingerprint density at radius 3 is 2.61 bits per heavy atom. The number of pyridine rings is 1. The molecule has 0 aliphatic heterocycles. The molecule has 1 saturated carbocycles. The Bertz CT molecular complexity index is 1720. The Morgan fingerprint density at radius 1 is 1.06 bits per heavy atom. The summed E-state index contributed by atoms with van der Waals surface area (Å²) < 4.78 is 31.9. The fraction of sp³-hybridized carbons (Fsp3) is 0.154. The van der Waals surface area contributed by atoms with Crippen LogP contribution in [0.1, 0.15) is 29.0 Å². The van der Waals surface area contributed by atoms with Gasteiger partial charge < -0.3 is 9.73 Å². The number of carbonyl (C=O) groups is 1. The van der Waals surface area contributed by atoms with Crippen LogP contribution in [0.15, 0.2) is 82.4 Å². The van der Waals surface area contributed by atoms with E-state index in [4.69, 9.17) is 4.42 Å². The number of benzene rings is 2. The van der Waals surface area contributed by atoms with Crippen LogP contribution in [0.4, 0.5) is 5.69 Å². The van der Waals surface area contributed by atoms with Gasteiger partial charge in [0, 0.05) is 16.9 Å². The van der Waals surface area contributed by atoms with E-state index in [1.165, 1.54) is 18.5 Å². The van der Waals surface area contributed by atoms with Gasteiger partial charge >= 0.3 is 0 Å². The van der Waals surface area contributed by atoms with Crippen molar-refractivity contribution < 1.29 is 17.6 Å². The number of aryl methyl sites for hydroxylation is 1. The molecular weight excluding hydrogens is 478 g/mol. The van der Waals surface area contributed by atoms with Crippen LogP contribution in [0.25, 0.3) is 28.2 Å². The quantitative estimate of drug-likeness (QED) is 0.363. The summed E-state index contributed by atoms with van der Waals surface area (Å²) in [6, 6.07) is 19.0. The number of hydrogen-bond acceptors (Lipinski definition) is 7. The molecule has 1 aliphatic carbocycles. The van der Waals surface area contributed by atoms with Crippen molar-refractivity contribution >= 4 is 32.5 Å². The summed E-state index contributed by atoms with van der Waals surface area (Å²) in [6.45, 7) is 1.88. The van der Waals surface area contributed by atoms with Crippen molar-refractivity contribution in [3.8, 4) is 17.1 Å². The Labute approximate surface area is 206 Å². The van der Waals surface area contributed by atoms with Crippen LogP contribution in [0.5, 0.6) is 0 Å². The van der Waals surface area contributed by atoms with Crippen LogP contribution >= 0.6 is 0 Å². The summed E-state index contributed by atoms with van der Waals surface area (Å²) in [5.74, 6) is 0.137. The summed E-state index contributed by atoms with van der Waals surface area (Å²) in [6.07, 6.45) is 2.78. The third kappa shape index (κ3) is 4.05. The van der Waals surface area contributed by atoms with E-state index in [2.05, 4.69) is 20.4 Å². The van der Waals surface area contributed by atoms with Crippen LogP contribution in [-0.2, 0) is 9.84 Å². The van der Waals surface area contributed by atoms with E-state index in [0.29, 0.717) is 35.6 Å². The first-order chi connectivity index (χ1) is 17.4. The fourth-order valence-corrected chi connectivity index (χ4v) is 5.68. The molecule has 6 rings (SSSR count). The predicted octanol–water partition coefficient (Wildman–Crippen LogP) is 4.57. The molecule has 2 aromatic carbocycles. The van der Waals surface area contributed by atoms with Gasteiger partial charge in [-0.1, -0.05) is 12.1 Å². The summed E-state index contributed by atoms with van der Waals surface area (Å²) in [5.41, 5.74) is 4.25. The SMILES string of the molecule is Cc1cccc(-n2nc(C(=O)Nc3ccc(S(=O)(=O)C4CC4)cc3)cc2-c2ccc3ncoc3c2)n1. The van der Waals surface area contributed by atoms with Crippen molar-refractivity contribution in [3.05, 3.63) is 84.5 Å². The summed E-state index contributed by atoms with van der Waals surface area (Å²) >= 11 is 0. The average molecular weight is 500 g/mol. The normalized spacial score (nSPS) is 13.7. The molecule has 0 atom stereocenters. The van der Waals surface area contributed by atoms with Gasteiger partial charge in [-0.25, -0.2) is 23.1 Å². The molecular formula is C26H21N5O4S. The van der Waals surface area contributed by atoms with Crippen molar-refractivity contribution in [2.45, 2.75) is 29.9 Å². The molecule has 1 amide bonds. The van der Waals surface area contributed by atoms with Gasteiger partial charge in [0.2, 0.25) is 0 Å². The number of sulfone groups is 1. The van der Waals surface area contributed by atoms with E-state index in [9.17, 15) is 13.2 Å². The second-order valence-corrected chi connectivity index (χ2v) is 10.9.